The van der Waals surface area contributed by atoms with E-state index in [1.807, 2.05) is 0 Å². The van der Waals surface area contributed by atoms with Crippen molar-refractivity contribution in [2.45, 2.75) is 18.6 Å². The molecule has 1 aliphatic heterocycles. The van der Waals surface area contributed by atoms with Crippen molar-refractivity contribution >= 4 is 17.3 Å². The van der Waals surface area contributed by atoms with Crippen LogP contribution in [0.1, 0.15) is 12.1 Å². The Morgan fingerprint density at radius 2 is 2.20 bits per heavy atom. The SMILES string of the molecule is O=C1CC(Nc2cc(C(F)(F)F)ncc2[N+](=O)[O-])CN1. The first kappa shape index (κ1) is 14.0. The van der Waals surface area contributed by atoms with E-state index in [0.717, 1.165) is 0 Å². The fraction of sp³-hybridized carbons (Fsp3) is 0.400. The van der Waals surface area contributed by atoms with Crippen LogP contribution < -0.4 is 10.6 Å². The number of pyridine rings is 1. The number of carbonyl (C=O) groups is 1. The molecule has 20 heavy (non-hydrogen) atoms. The molecular formula is C10H9F3N4O3. The number of nitro groups is 1. The van der Waals surface area contributed by atoms with Gasteiger partial charge in [-0.2, -0.15) is 13.2 Å². The monoisotopic (exact) mass is 290 g/mol. The molecule has 1 aromatic heterocycles. The lowest BCUT2D eigenvalue weighted by atomic mass is 10.2. The normalized spacial score (nSPS) is 18.8. The van der Waals surface area contributed by atoms with Crippen molar-refractivity contribution in [3.63, 3.8) is 0 Å². The van der Waals surface area contributed by atoms with Gasteiger partial charge in [0.05, 0.1) is 11.0 Å². The zero-order valence-corrected chi connectivity index (χ0v) is 9.90. The van der Waals surface area contributed by atoms with Gasteiger partial charge < -0.3 is 10.6 Å². The zero-order chi connectivity index (χ0) is 14.9. The quantitative estimate of drug-likeness (QED) is 0.646. The van der Waals surface area contributed by atoms with E-state index in [1.54, 1.807) is 0 Å². The molecule has 0 saturated carbocycles. The summed E-state index contributed by atoms with van der Waals surface area (Å²) in [5.74, 6) is -0.268. The lowest BCUT2D eigenvalue weighted by molar-refractivity contribution is -0.384. The van der Waals surface area contributed by atoms with Gasteiger partial charge in [-0.1, -0.05) is 0 Å². The summed E-state index contributed by atoms with van der Waals surface area (Å²) in [4.78, 5) is 24.0. The van der Waals surface area contributed by atoms with Gasteiger partial charge in [-0.05, 0) is 6.07 Å². The summed E-state index contributed by atoms with van der Waals surface area (Å²) in [5, 5.41) is 15.8. The fourth-order valence-electron chi connectivity index (χ4n) is 1.79. The standard InChI is InChI=1S/C10H9F3N4O3/c11-10(12,13)8-2-6(7(4-14-8)17(19)20)16-5-1-9(18)15-3-5/h2,4-5H,1,3H2,(H,14,16)(H,15,18). The Morgan fingerprint density at radius 3 is 2.70 bits per heavy atom. The molecule has 1 aliphatic rings. The molecule has 1 aromatic rings. The number of alkyl halides is 3. The van der Waals surface area contributed by atoms with Crippen LogP contribution in [0.4, 0.5) is 24.5 Å². The Bertz CT molecular complexity index is 561. The minimum Gasteiger partial charge on any atom is -0.374 e. The smallest absolute Gasteiger partial charge is 0.374 e. The van der Waals surface area contributed by atoms with E-state index in [-0.39, 0.29) is 24.6 Å². The minimum atomic E-state index is -4.70. The van der Waals surface area contributed by atoms with Crippen LogP contribution in [0, 0.1) is 10.1 Å². The third-order valence-electron chi connectivity index (χ3n) is 2.71. The molecule has 0 aliphatic carbocycles. The van der Waals surface area contributed by atoms with Gasteiger partial charge in [0.15, 0.2) is 0 Å². The number of hydrogen-bond donors (Lipinski definition) is 2. The van der Waals surface area contributed by atoms with E-state index in [9.17, 15) is 28.1 Å². The van der Waals surface area contributed by atoms with Crippen LogP contribution in [0.25, 0.3) is 0 Å². The summed E-state index contributed by atoms with van der Waals surface area (Å²) >= 11 is 0. The molecule has 1 amide bonds. The number of aromatic nitrogens is 1. The molecule has 0 bridgehead atoms. The predicted molar refractivity (Wildman–Crippen MR) is 60.9 cm³/mol. The average Bonchev–Trinajstić information content (AvgIpc) is 2.73. The number of rotatable bonds is 3. The Hall–Kier alpha value is -2.39. The molecular weight excluding hydrogens is 281 g/mol. The number of carbonyl (C=O) groups excluding carboxylic acids is 1. The topological polar surface area (TPSA) is 97.2 Å². The van der Waals surface area contributed by atoms with Gasteiger partial charge in [0.1, 0.15) is 17.6 Å². The molecule has 1 unspecified atom stereocenters. The highest BCUT2D eigenvalue weighted by atomic mass is 19.4. The van der Waals surface area contributed by atoms with Crippen LogP contribution in [-0.2, 0) is 11.0 Å². The lowest BCUT2D eigenvalue weighted by Gasteiger charge is -2.13. The molecule has 0 aromatic carbocycles. The molecule has 10 heteroatoms. The van der Waals surface area contributed by atoms with Crippen LogP contribution in [-0.4, -0.2) is 28.4 Å². The number of amides is 1. The molecule has 1 fully saturated rings. The highest BCUT2D eigenvalue weighted by Crippen LogP contribution is 2.33. The van der Waals surface area contributed by atoms with Crippen molar-refractivity contribution < 1.29 is 22.9 Å². The van der Waals surface area contributed by atoms with Crippen LogP contribution in [0.2, 0.25) is 0 Å². The van der Waals surface area contributed by atoms with Crippen molar-refractivity contribution in [1.82, 2.24) is 10.3 Å². The Labute approximate surface area is 110 Å². The third kappa shape index (κ3) is 2.95. The Balaban J connectivity index is 2.32. The number of nitrogens with zero attached hydrogens (tertiary/aromatic N) is 2. The van der Waals surface area contributed by atoms with Crippen LogP contribution in [0.5, 0.6) is 0 Å². The molecule has 0 radical (unpaired) electrons. The molecule has 2 rings (SSSR count). The average molecular weight is 290 g/mol. The van der Waals surface area contributed by atoms with E-state index in [2.05, 4.69) is 15.6 Å². The second kappa shape index (κ2) is 4.94. The van der Waals surface area contributed by atoms with Crippen molar-refractivity contribution in [3.05, 3.63) is 28.1 Å². The third-order valence-corrected chi connectivity index (χ3v) is 2.71. The maximum absolute atomic E-state index is 12.5. The highest BCUT2D eigenvalue weighted by Gasteiger charge is 2.35. The van der Waals surface area contributed by atoms with Gasteiger partial charge in [-0.25, -0.2) is 4.98 Å². The first-order valence-electron chi connectivity index (χ1n) is 5.52. The van der Waals surface area contributed by atoms with Crippen molar-refractivity contribution in [3.8, 4) is 0 Å². The Morgan fingerprint density at radius 1 is 1.50 bits per heavy atom. The summed E-state index contributed by atoms with van der Waals surface area (Å²) in [6, 6.07) is 0.0747. The summed E-state index contributed by atoms with van der Waals surface area (Å²) in [6.07, 6.45) is -4.11. The summed E-state index contributed by atoms with van der Waals surface area (Å²) in [6.45, 7) is 0.194. The maximum Gasteiger partial charge on any atom is 0.433 e. The minimum absolute atomic E-state index is 0.0425. The van der Waals surface area contributed by atoms with Crippen LogP contribution in [0.3, 0.4) is 0 Å². The molecule has 1 saturated heterocycles. The van der Waals surface area contributed by atoms with Gasteiger partial charge in [-0.15, -0.1) is 0 Å². The largest absolute Gasteiger partial charge is 0.433 e. The van der Waals surface area contributed by atoms with Gasteiger partial charge in [0.2, 0.25) is 5.91 Å². The van der Waals surface area contributed by atoms with Crippen molar-refractivity contribution in [2.75, 3.05) is 11.9 Å². The van der Waals surface area contributed by atoms with Crippen molar-refractivity contribution in [1.29, 1.82) is 0 Å². The van der Waals surface area contributed by atoms with E-state index < -0.39 is 28.5 Å². The first-order chi connectivity index (χ1) is 9.27. The van der Waals surface area contributed by atoms with Gasteiger partial charge in [-0.3, -0.25) is 14.9 Å². The van der Waals surface area contributed by atoms with E-state index in [1.165, 1.54) is 0 Å². The highest BCUT2D eigenvalue weighted by molar-refractivity contribution is 5.80. The van der Waals surface area contributed by atoms with E-state index >= 15 is 0 Å². The molecule has 2 heterocycles. The predicted octanol–water partition coefficient (Wildman–Crippen LogP) is 1.31. The van der Waals surface area contributed by atoms with Gasteiger partial charge in [0, 0.05) is 13.0 Å². The number of nitrogens with one attached hydrogen (secondary N) is 2. The van der Waals surface area contributed by atoms with E-state index in [4.69, 9.17) is 0 Å². The van der Waals surface area contributed by atoms with Gasteiger partial charge >= 0.3 is 11.9 Å². The molecule has 1 atom stereocenters. The molecule has 0 spiro atoms. The molecule has 108 valence electrons. The number of anilines is 1. The zero-order valence-electron chi connectivity index (χ0n) is 9.90. The summed E-state index contributed by atoms with van der Waals surface area (Å²) in [7, 11) is 0. The fourth-order valence-corrected chi connectivity index (χ4v) is 1.79. The summed E-state index contributed by atoms with van der Waals surface area (Å²) < 4.78 is 37.6. The second-order valence-corrected chi connectivity index (χ2v) is 4.19. The number of halogens is 3. The maximum atomic E-state index is 12.5. The van der Waals surface area contributed by atoms with Crippen molar-refractivity contribution in [2.24, 2.45) is 0 Å². The van der Waals surface area contributed by atoms with Crippen LogP contribution in [0.15, 0.2) is 12.3 Å². The summed E-state index contributed by atoms with van der Waals surface area (Å²) in [5.41, 5.74) is -2.11. The second-order valence-electron chi connectivity index (χ2n) is 4.19. The van der Waals surface area contributed by atoms with Crippen LogP contribution >= 0.6 is 0 Å². The molecule has 2 N–H and O–H groups in total. The van der Waals surface area contributed by atoms with Gasteiger partial charge in [0.25, 0.3) is 0 Å². The first-order valence-corrected chi connectivity index (χ1v) is 5.52. The lowest BCUT2D eigenvalue weighted by Crippen LogP contribution is -2.23. The Kier molecular flexibility index (Phi) is 3.47. The number of hydrogen-bond acceptors (Lipinski definition) is 5. The van der Waals surface area contributed by atoms with E-state index in [0.29, 0.717) is 12.3 Å². The molecule has 7 nitrogen and oxygen atoms in total.